The summed E-state index contributed by atoms with van der Waals surface area (Å²) in [5.74, 6) is 0.285. The highest BCUT2D eigenvalue weighted by molar-refractivity contribution is 7.13. The molecule has 0 aliphatic carbocycles. The van der Waals surface area contributed by atoms with E-state index in [1.54, 1.807) is 26.2 Å². The fourth-order valence-electron chi connectivity index (χ4n) is 1.47. The smallest absolute Gasteiger partial charge is 0.315 e. The van der Waals surface area contributed by atoms with Crippen molar-refractivity contribution in [2.45, 2.75) is 32.6 Å². The number of carboxylic acids is 1. The summed E-state index contributed by atoms with van der Waals surface area (Å²) in [7, 11) is 0. The van der Waals surface area contributed by atoms with Gasteiger partial charge in [-0.15, -0.1) is 11.3 Å². The Labute approximate surface area is 120 Å². The SMILES string of the molecule is Cc1noc(CCNc2nc(C(C)(C)C(=O)O)cs2)n1. The second-order valence-corrected chi connectivity index (χ2v) is 5.74. The zero-order valence-corrected chi connectivity index (χ0v) is 12.3. The summed E-state index contributed by atoms with van der Waals surface area (Å²) < 4.78 is 5.00. The average Bonchev–Trinajstić information content (AvgIpc) is 2.99. The first-order valence-corrected chi connectivity index (χ1v) is 7.00. The van der Waals surface area contributed by atoms with E-state index in [1.165, 1.54) is 11.3 Å². The minimum absolute atomic E-state index is 0.547. The lowest BCUT2D eigenvalue weighted by Gasteiger charge is -2.15. The van der Waals surface area contributed by atoms with Gasteiger partial charge in [-0.25, -0.2) is 4.98 Å². The van der Waals surface area contributed by atoms with Crippen LogP contribution >= 0.6 is 11.3 Å². The second kappa shape index (κ2) is 5.58. The number of carboxylic acid groups (broad SMARTS) is 1. The number of rotatable bonds is 6. The normalized spacial score (nSPS) is 11.6. The highest BCUT2D eigenvalue weighted by atomic mass is 32.1. The number of thiazole rings is 1. The number of hydrogen-bond acceptors (Lipinski definition) is 7. The lowest BCUT2D eigenvalue weighted by atomic mass is 9.90. The van der Waals surface area contributed by atoms with E-state index in [4.69, 9.17) is 9.63 Å². The lowest BCUT2D eigenvalue weighted by molar-refractivity contribution is -0.142. The van der Waals surface area contributed by atoms with Crippen molar-refractivity contribution in [1.82, 2.24) is 15.1 Å². The Morgan fingerprint density at radius 1 is 1.50 bits per heavy atom. The molecule has 20 heavy (non-hydrogen) atoms. The molecule has 0 amide bonds. The highest BCUT2D eigenvalue weighted by Crippen LogP contribution is 2.27. The molecular formula is C12H16N4O3S. The van der Waals surface area contributed by atoms with E-state index in [2.05, 4.69) is 20.4 Å². The Hall–Kier alpha value is -1.96. The molecule has 108 valence electrons. The molecule has 2 rings (SSSR count). The number of nitrogens with zero attached hydrogens (tertiary/aromatic N) is 3. The highest BCUT2D eigenvalue weighted by Gasteiger charge is 2.32. The van der Waals surface area contributed by atoms with Crippen LogP contribution in [0.1, 0.15) is 31.3 Å². The van der Waals surface area contributed by atoms with Crippen molar-refractivity contribution in [1.29, 1.82) is 0 Å². The average molecular weight is 296 g/mol. The van der Waals surface area contributed by atoms with Gasteiger partial charge in [0.2, 0.25) is 5.89 Å². The van der Waals surface area contributed by atoms with Gasteiger partial charge in [-0.05, 0) is 20.8 Å². The molecular weight excluding hydrogens is 280 g/mol. The van der Waals surface area contributed by atoms with Crippen molar-refractivity contribution < 1.29 is 14.4 Å². The third-order valence-electron chi connectivity index (χ3n) is 2.86. The zero-order valence-electron chi connectivity index (χ0n) is 11.5. The first kappa shape index (κ1) is 14.4. The van der Waals surface area contributed by atoms with Crippen LogP contribution in [-0.4, -0.2) is 32.7 Å². The van der Waals surface area contributed by atoms with Crippen molar-refractivity contribution >= 4 is 22.4 Å². The summed E-state index contributed by atoms with van der Waals surface area (Å²) in [6.45, 7) is 5.63. The van der Waals surface area contributed by atoms with Crippen molar-refractivity contribution in [3.8, 4) is 0 Å². The number of aromatic nitrogens is 3. The van der Waals surface area contributed by atoms with E-state index >= 15 is 0 Å². The molecule has 0 radical (unpaired) electrons. The number of aryl methyl sites for hydroxylation is 1. The number of anilines is 1. The Morgan fingerprint density at radius 3 is 2.85 bits per heavy atom. The molecule has 2 N–H and O–H groups in total. The van der Waals surface area contributed by atoms with E-state index in [1.807, 2.05) is 0 Å². The number of hydrogen-bond donors (Lipinski definition) is 2. The van der Waals surface area contributed by atoms with Gasteiger partial charge in [-0.3, -0.25) is 4.79 Å². The third-order valence-corrected chi connectivity index (χ3v) is 3.66. The van der Waals surface area contributed by atoms with Crippen LogP contribution in [0.4, 0.5) is 5.13 Å². The topological polar surface area (TPSA) is 101 Å². The van der Waals surface area contributed by atoms with Gasteiger partial charge in [-0.2, -0.15) is 4.98 Å². The molecule has 8 heteroatoms. The number of nitrogens with one attached hydrogen (secondary N) is 1. The molecule has 0 saturated carbocycles. The molecule has 0 aromatic carbocycles. The summed E-state index contributed by atoms with van der Waals surface area (Å²) in [5.41, 5.74) is -0.439. The Balaban J connectivity index is 1.92. The monoisotopic (exact) mass is 296 g/mol. The molecule has 0 aliphatic heterocycles. The van der Waals surface area contributed by atoms with E-state index in [9.17, 15) is 4.79 Å². The molecule has 0 atom stereocenters. The fraction of sp³-hybridized carbons (Fsp3) is 0.500. The fourth-order valence-corrected chi connectivity index (χ4v) is 2.38. The van der Waals surface area contributed by atoms with E-state index in [0.29, 0.717) is 35.5 Å². The molecule has 0 fully saturated rings. The van der Waals surface area contributed by atoms with Gasteiger partial charge in [0.05, 0.1) is 5.69 Å². The van der Waals surface area contributed by atoms with E-state index in [-0.39, 0.29) is 0 Å². The van der Waals surface area contributed by atoms with Crippen molar-refractivity contribution in [3.05, 3.63) is 22.8 Å². The van der Waals surface area contributed by atoms with Crippen LogP contribution in [0.15, 0.2) is 9.90 Å². The van der Waals surface area contributed by atoms with Crippen LogP contribution in [0.25, 0.3) is 0 Å². The summed E-state index contributed by atoms with van der Waals surface area (Å²) in [4.78, 5) is 19.5. The molecule has 2 aromatic heterocycles. The molecule has 2 aromatic rings. The maximum absolute atomic E-state index is 11.1. The van der Waals surface area contributed by atoms with E-state index < -0.39 is 11.4 Å². The van der Waals surface area contributed by atoms with Gasteiger partial charge < -0.3 is 14.9 Å². The first-order chi connectivity index (χ1) is 9.39. The standard InChI is InChI=1S/C12H16N4O3S/c1-7-14-9(19-16-7)4-5-13-11-15-8(6-20-11)12(2,3)10(17)18/h6H,4-5H2,1-3H3,(H,13,15)(H,17,18). The number of carbonyl (C=O) groups is 1. The summed E-state index contributed by atoms with van der Waals surface area (Å²) in [6, 6.07) is 0. The maximum Gasteiger partial charge on any atom is 0.315 e. The summed E-state index contributed by atoms with van der Waals surface area (Å²) in [5, 5.41) is 18.4. The largest absolute Gasteiger partial charge is 0.481 e. The second-order valence-electron chi connectivity index (χ2n) is 4.88. The van der Waals surface area contributed by atoms with Crippen LogP contribution in [0.5, 0.6) is 0 Å². The van der Waals surface area contributed by atoms with Crippen LogP contribution in [0.3, 0.4) is 0 Å². The van der Waals surface area contributed by atoms with Crippen LogP contribution in [0.2, 0.25) is 0 Å². The van der Waals surface area contributed by atoms with Gasteiger partial charge in [0.25, 0.3) is 0 Å². The quantitative estimate of drug-likeness (QED) is 0.838. The summed E-state index contributed by atoms with van der Waals surface area (Å²) >= 11 is 1.38. The van der Waals surface area contributed by atoms with Crippen molar-refractivity contribution in [2.24, 2.45) is 0 Å². The molecule has 0 aliphatic rings. The van der Waals surface area contributed by atoms with Gasteiger partial charge in [0.15, 0.2) is 11.0 Å². The predicted octanol–water partition coefficient (Wildman–Crippen LogP) is 1.85. The molecule has 7 nitrogen and oxygen atoms in total. The molecule has 0 saturated heterocycles. The molecule has 0 spiro atoms. The minimum Gasteiger partial charge on any atom is -0.481 e. The molecule has 0 bridgehead atoms. The Kier molecular flexibility index (Phi) is 4.03. The maximum atomic E-state index is 11.1. The third kappa shape index (κ3) is 3.13. The number of aliphatic carboxylic acids is 1. The van der Waals surface area contributed by atoms with Crippen LogP contribution in [0, 0.1) is 6.92 Å². The van der Waals surface area contributed by atoms with Gasteiger partial charge in [0, 0.05) is 18.3 Å². The first-order valence-electron chi connectivity index (χ1n) is 6.12. The lowest BCUT2D eigenvalue weighted by Crippen LogP contribution is -2.28. The minimum atomic E-state index is -0.986. The van der Waals surface area contributed by atoms with Crippen LogP contribution < -0.4 is 5.32 Å². The van der Waals surface area contributed by atoms with Gasteiger partial charge in [-0.1, -0.05) is 5.16 Å². The zero-order chi connectivity index (χ0) is 14.8. The molecule has 2 heterocycles. The van der Waals surface area contributed by atoms with Crippen molar-refractivity contribution in [3.63, 3.8) is 0 Å². The molecule has 0 unspecified atom stereocenters. The predicted molar refractivity (Wildman–Crippen MR) is 74.0 cm³/mol. The Morgan fingerprint density at radius 2 is 2.25 bits per heavy atom. The van der Waals surface area contributed by atoms with E-state index in [0.717, 1.165) is 0 Å². The van der Waals surface area contributed by atoms with Crippen molar-refractivity contribution in [2.75, 3.05) is 11.9 Å². The van der Waals surface area contributed by atoms with Gasteiger partial charge in [0.1, 0.15) is 5.41 Å². The van der Waals surface area contributed by atoms with Crippen LogP contribution in [-0.2, 0) is 16.6 Å². The Bertz CT molecular complexity index is 605. The van der Waals surface area contributed by atoms with Gasteiger partial charge >= 0.3 is 5.97 Å². The summed E-state index contributed by atoms with van der Waals surface area (Å²) in [6.07, 6.45) is 0.595.